The Morgan fingerprint density at radius 1 is 1.53 bits per heavy atom. The lowest BCUT2D eigenvalue weighted by molar-refractivity contribution is 0.102. The maximum absolute atomic E-state index is 12.2. The molecule has 3 heterocycles. The van der Waals surface area contributed by atoms with E-state index < -0.39 is 0 Å². The predicted molar refractivity (Wildman–Crippen MR) is 70.2 cm³/mol. The molecule has 98 valence electrons. The van der Waals surface area contributed by atoms with E-state index in [0.29, 0.717) is 11.4 Å². The largest absolute Gasteiger partial charge is 0.480 e. The molecule has 0 spiro atoms. The molecule has 2 aromatic heterocycles. The van der Waals surface area contributed by atoms with E-state index in [1.54, 1.807) is 30.1 Å². The third kappa shape index (κ3) is 2.17. The first-order valence-electron chi connectivity index (χ1n) is 5.65. The minimum atomic E-state index is -0.319. The standard InChI is InChI=1S/C12H11N3O3S/c1-17-11-7(3-2-4-13-11)10(16)14-12-8-5-19-6-9(8)15-18-12/h2-4H,5-6H2,1H3,(H,14,16). The summed E-state index contributed by atoms with van der Waals surface area (Å²) in [4.78, 5) is 16.2. The number of anilines is 1. The predicted octanol–water partition coefficient (Wildman–Crippen LogP) is 2.08. The third-order valence-corrected chi connectivity index (χ3v) is 3.76. The molecule has 6 nitrogen and oxygen atoms in total. The third-order valence-electron chi connectivity index (χ3n) is 2.79. The van der Waals surface area contributed by atoms with Gasteiger partial charge in [0.1, 0.15) is 5.56 Å². The number of fused-ring (bicyclic) bond motifs is 1. The first kappa shape index (κ1) is 12.0. The van der Waals surface area contributed by atoms with Gasteiger partial charge in [0.05, 0.1) is 18.4 Å². The zero-order chi connectivity index (χ0) is 13.2. The van der Waals surface area contributed by atoms with Crippen LogP contribution in [0.25, 0.3) is 0 Å². The number of pyridine rings is 1. The van der Waals surface area contributed by atoms with Gasteiger partial charge >= 0.3 is 0 Å². The molecule has 0 radical (unpaired) electrons. The fraction of sp³-hybridized carbons (Fsp3) is 0.250. The van der Waals surface area contributed by atoms with E-state index in [9.17, 15) is 4.79 Å². The average molecular weight is 277 g/mol. The number of methoxy groups -OCH3 is 1. The van der Waals surface area contributed by atoms with Gasteiger partial charge in [0, 0.05) is 17.7 Å². The van der Waals surface area contributed by atoms with Crippen LogP contribution in [0.1, 0.15) is 21.6 Å². The monoisotopic (exact) mass is 277 g/mol. The fourth-order valence-corrected chi connectivity index (χ4v) is 2.87. The van der Waals surface area contributed by atoms with Crippen LogP contribution in [0.2, 0.25) is 0 Å². The Morgan fingerprint density at radius 3 is 3.26 bits per heavy atom. The molecule has 0 aliphatic carbocycles. The second-order valence-electron chi connectivity index (χ2n) is 3.94. The van der Waals surface area contributed by atoms with Crippen molar-refractivity contribution >= 4 is 23.6 Å². The van der Waals surface area contributed by atoms with E-state index in [1.165, 1.54) is 7.11 Å². The van der Waals surface area contributed by atoms with Gasteiger partial charge < -0.3 is 9.26 Å². The summed E-state index contributed by atoms with van der Waals surface area (Å²) in [5.74, 6) is 2.01. The van der Waals surface area contributed by atoms with Gasteiger partial charge in [0.2, 0.25) is 11.8 Å². The molecular formula is C12H11N3O3S. The Morgan fingerprint density at radius 2 is 2.42 bits per heavy atom. The highest BCUT2D eigenvalue weighted by Gasteiger charge is 2.24. The highest BCUT2D eigenvalue weighted by Crippen LogP contribution is 2.34. The van der Waals surface area contributed by atoms with Crippen molar-refractivity contribution in [3.63, 3.8) is 0 Å². The number of hydrogen-bond acceptors (Lipinski definition) is 6. The second-order valence-corrected chi connectivity index (χ2v) is 4.93. The molecule has 19 heavy (non-hydrogen) atoms. The molecule has 1 amide bonds. The van der Waals surface area contributed by atoms with E-state index >= 15 is 0 Å². The van der Waals surface area contributed by atoms with Crippen LogP contribution in [0, 0.1) is 0 Å². The number of carbonyl (C=O) groups is 1. The Bertz CT molecular complexity index is 626. The number of hydrogen-bond donors (Lipinski definition) is 1. The number of ether oxygens (including phenoxy) is 1. The zero-order valence-electron chi connectivity index (χ0n) is 10.2. The average Bonchev–Trinajstić information content (AvgIpc) is 3.03. The molecule has 0 bridgehead atoms. The SMILES string of the molecule is COc1ncccc1C(=O)Nc1onc2c1CSC2. The van der Waals surface area contributed by atoms with Gasteiger partial charge in [-0.05, 0) is 12.1 Å². The Labute approximate surface area is 113 Å². The maximum atomic E-state index is 12.2. The van der Waals surface area contributed by atoms with Crippen molar-refractivity contribution in [2.24, 2.45) is 0 Å². The number of rotatable bonds is 3. The van der Waals surface area contributed by atoms with Crippen LogP contribution < -0.4 is 10.1 Å². The van der Waals surface area contributed by atoms with Crippen LogP contribution in [0.4, 0.5) is 5.88 Å². The number of thioether (sulfide) groups is 1. The normalized spacial score (nSPS) is 13.1. The summed E-state index contributed by atoms with van der Waals surface area (Å²) < 4.78 is 10.2. The van der Waals surface area contributed by atoms with Crippen molar-refractivity contribution in [1.29, 1.82) is 0 Å². The van der Waals surface area contributed by atoms with Crippen molar-refractivity contribution in [3.05, 3.63) is 35.2 Å². The summed E-state index contributed by atoms with van der Waals surface area (Å²) in [6, 6.07) is 3.32. The van der Waals surface area contributed by atoms with Gasteiger partial charge in [-0.25, -0.2) is 4.98 Å². The lowest BCUT2D eigenvalue weighted by Crippen LogP contribution is -2.14. The van der Waals surface area contributed by atoms with Crippen LogP contribution in [-0.2, 0) is 11.5 Å². The second kappa shape index (κ2) is 4.93. The molecule has 0 fully saturated rings. The number of aromatic nitrogens is 2. The van der Waals surface area contributed by atoms with Crippen molar-refractivity contribution < 1.29 is 14.1 Å². The molecule has 0 atom stereocenters. The van der Waals surface area contributed by atoms with Crippen LogP contribution >= 0.6 is 11.8 Å². The molecule has 2 aromatic rings. The fourth-order valence-electron chi connectivity index (χ4n) is 1.85. The topological polar surface area (TPSA) is 77.2 Å². The first-order chi connectivity index (χ1) is 9.29. The van der Waals surface area contributed by atoms with Crippen LogP contribution in [-0.4, -0.2) is 23.2 Å². The Balaban J connectivity index is 1.85. The lowest BCUT2D eigenvalue weighted by Gasteiger charge is -2.06. The molecule has 3 rings (SSSR count). The molecule has 0 saturated carbocycles. The van der Waals surface area contributed by atoms with E-state index in [1.807, 2.05) is 0 Å². The molecule has 1 aliphatic rings. The summed E-state index contributed by atoms with van der Waals surface area (Å²) in [7, 11) is 1.47. The quantitative estimate of drug-likeness (QED) is 0.925. The van der Waals surface area contributed by atoms with Crippen molar-refractivity contribution in [3.8, 4) is 5.88 Å². The highest BCUT2D eigenvalue weighted by molar-refractivity contribution is 7.98. The lowest BCUT2D eigenvalue weighted by atomic mass is 10.2. The summed E-state index contributed by atoms with van der Waals surface area (Å²) in [6.07, 6.45) is 1.57. The Hall–Kier alpha value is -2.02. The van der Waals surface area contributed by atoms with Gasteiger partial charge in [0.25, 0.3) is 5.91 Å². The number of nitrogens with zero attached hydrogens (tertiary/aromatic N) is 2. The minimum Gasteiger partial charge on any atom is -0.480 e. The summed E-state index contributed by atoms with van der Waals surface area (Å²) in [6.45, 7) is 0. The van der Waals surface area contributed by atoms with Crippen LogP contribution in [0.3, 0.4) is 0 Å². The van der Waals surface area contributed by atoms with Crippen molar-refractivity contribution in [2.45, 2.75) is 11.5 Å². The van der Waals surface area contributed by atoms with E-state index in [4.69, 9.17) is 9.26 Å². The maximum Gasteiger partial charge on any atom is 0.263 e. The van der Waals surface area contributed by atoms with Crippen LogP contribution in [0.15, 0.2) is 22.9 Å². The van der Waals surface area contributed by atoms with E-state index in [0.717, 1.165) is 22.8 Å². The molecule has 1 N–H and O–H groups in total. The highest BCUT2D eigenvalue weighted by atomic mass is 32.2. The van der Waals surface area contributed by atoms with Gasteiger partial charge in [0.15, 0.2) is 0 Å². The van der Waals surface area contributed by atoms with Gasteiger partial charge in [-0.3, -0.25) is 10.1 Å². The first-order valence-corrected chi connectivity index (χ1v) is 6.80. The zero-order valence-corrected chi connectivity index (χ0v) is 11.0. The summed E-state index contributed by atoms with van der Waals surface area (Å²) in [5.41, 5.74) is 2.22. The number of amides is 1. The molecule has 0 aromatic carbocycles. The molecule has 0 unspecified atom stereocenters. The van der Waals surface area contributed by atoms with Crippen molar-refractivity contribution in [2.75, 3.05) is 12.4 Å². The number of carbonyl (C=O) groups excluding carboxylic acids is 1. The smallest absolute Gasteiger partial charge is 0.263 e. The molecule has 0 saturated heterocycles. The van der Waals surface area contributed by atoms with Crippen molar-refractivity contribution in [1.82, 2.24) is 10.1 Å². The molecule has 7 heteroatoms. The summed E-state index contributed by atoms with van der Waals surface area (Å²) in [5, 5.41) is 6.64. The molecule has 1 aliphatic heterocycles. The van der Waals surface area contributed by atoms with Gasteiger partial charge in [-0.1, -0.05) is 5.16 Å². The van der Waals surface area contributed by atoms with E-state index in [2.05, 4.69) is 15.5 Å². The van der Waals surface area contributed by atoms with Crippen LogP contribution in [0.5, 0.6) is 5.88 Å². The Kier molecular flexibility index (Phi) is 3.12. The number of nitrogens with one attached hydrogen (secondary N) is 1. The van der Waals surface area contributed by atoms with Gasteiger partial charge in [-0.2, -0.15) is 11.8 Å². The van der Waals surface area contributed by atoms with E-state index in [-0.39, 0.29) is 11.8 Å². The molecular weight excluding hydrogens is 266 g/mol. The summed E-state index contributed by atoms with van der Waals surface area (Å²) >= 11 is 1.74. The minimum absolute atomic E-state index is 0.283. The van der Waals surface area contributed by atoms with Gasteiger partial charge in [-0.15, -0.1) is 0 Å².